The van der Waals surface area contributed by atoms with E-state index in [4.69, 9.17) is 4.74 Å². The molecule has 0 aliphatic carbocycles. The minimum Gasteiger partial charge on any atom is -0.374 e. The second-order valence-corrected chi connectivity index (χ2v) is 5.79. The fourth-order valence-electron chi connectivity index (χ4n) is 2.67. The molecule has 1 saturated heterocycles. The van der Waals surface area contributed by atoms with E-state index in [0.29, 0.717) is 12.0 Å². The summed E-state index contributed by atoms with van der Waals surface area (Å²) in [5, 5.41) is 0. The molecule has 1 rings (SSSR count). The summed E-state index contributed by atoms with van der Waals surface area (Å²) in [6, 6.07) is 0. The Kier molecular flexibility index (Phi) is 7.81. The molecule has 0 radical (unpaired) electrons. The van der Waals surface area contributed by atoms with Crippen LogP contribution < -0.4 is 0 Å². The summed E-state index contributed by atoms with van der Waals surface area (Å²) < 4.78 is 5.89. The van der Waals surface area contributed by atoms with Gasteiger partial charge in [-0.3, -0.25) is 0 Å². The number of hydrogen-bond donors (Lipinski definition) is 0. The molecule has 0 spiro atoms. The number of hydrogen-bond acceptors (Lipinski definition) is 1. The minimum atomic E-state index is 0.355. The highest BCUT2D eigenvalue weighted by atomic mass is 16.5. The predicted octanol–water partition coefficient (Wildman–Crippen LogP) is 5.44. The van der Waals surface area contributed by atoms with Gasteiger partial charge in [0.15, 0.2) is 0 Å². The van der Waals surface area contributed by atoms with Gasteiger partial charge in [-0.15, -0.1) is 0 Å². The van der Waals surface area contributed by atoms with Crippen molar-refractivity contribution < 1.29 is 4.74 Å². The molecule has 1 aliphatic rings. The third kappa shape index (κ3) is 6.24. The van der Waals surface area contributed by atoms with Crippen LogP contribution in [-0.4, -0.2) is 12.7 Å². The number of unbranched alkanes of at least 4 members (excludes halogenated alkanes) is 1. The first kappa shape index (κ1) is 16.2. The van der Waals surface area contributed by atoms with E-state index in [-0.39, 0.29) is 0 Å². The number of allylic oxidation sites excluding steroid dienone is 4. The van der Waals surface area contributed by atoms with Gasteiger partial charge in [-0.25, -0.2) is 0 Å². The molecule has 2 atom stereocenters. The Morgan fingerprint density at radius 3 is 2.74 bits per heavy atom. The van der Waals surface area contributed by atoms with Crippen molar-refractivity contribution in [1.29, 1.82) is 0 Å². The topological polar surface area (TPSA) is 9.23 Å². The molecule has 0 aromatic carbocycles. The van der Waals surface area contributed by atoms with E-state index in [2.05, 4.69) is 39.5 Å². The maximum absolute atomic E-state index is 5.89. The van der Waals surface area contributed by atoms with Crippen LogP contribution in [0.2, 0.25) is 0 Å². The van der Waals surface area contributed by atoms with Gasteiger partial charge in [-0.05, 0) is 51.9 Å². The van der Waals surface area contributed by atoms with Crippen LogP contribution in [0.5, 0.6) is 0 Å². The Labute approximate surface area is 119 Å². The molecule has 0 saturated carbocycles. The Hall–Kier alpha value is -0.820. The van der Waals surface area contributed by atoms with Crippen LogP contribution >= 0.6 is 0 Å². The molecule has 108 valence electrons. The lowest BCUT2D eigenvalue weighted by Crippen LogP contribution is -2.13. The molecule has 1 fully saturated rings. The van der Waals surface area contributed by atoms with E-state index in [0.717, 1.165) is 6.61 Å². The first-order valence-corrected chi connectivity index (χ1v) is 7.74. The largest absolute Gasteiger partial charge is 0.374 e. The van der Waals surface area contributed by atoms with Crippen molar-refractivity contribution in [3.05, 3.63) is 36.0 Å². The van der Waals surface area contributed by atoms with Crippen LogP contribution in [0.15, 0.2) is 36.0 Å². The summed E-state index contributed by atoms with van der Waals surface area (Å²) in [5.41, 5.74) is 2.92. The average Bonchev–Trinajstić information content (AvgIpc) is 2.81. The highest BCUT2D eigenvalue weighted by Gasteiger charge is 2.25. The summed E-state index contributed by atoms with van der Waals surface area (Å²) in [6.07, 6.45) is 14.1. The molecule has 1 heterocycles. The van der Waals surface area contributed by atoms with E-state index >= 15 is 0 Å². The molecule has 19 heavy (non-hydrogen) atoms. The summed E-state index contributed by atoms with van der Waals surface area (Å²) >= 11 is 0. The van der Waals surface area contributed by atoms with Crippen LogP contribution in [0.4, 0.5) is 0 Å². The van der Waals surface area contributed by atoms with Crippen molar-refractivity contribution in [3.63, 3.8) is 0 Å². The zero-order valence-electron chi connectivity index (χ0n) is 13.0. The standard InChI is InChI=1S/C18H30O/c1-5-7-9-16(4)14-18-17(12-13-19-18)11-10-15(3)8-6-2/h6,8,14,17-18H,2,5,7,9-13H2,1,3-4H3/b15-8+,16-14+/t17-,18?/m0/s1. The molecule has 0 aromatic heterocycles. The maximum Gasteiger partial charge on any atom is 0.0787 e. The van der Waals surface area contributed by atoms with E-state index in [1.54, 1.807) is 0 Å². The molecule has 1 unspecified atom stereocenters. The quantitative estimate of drug-likeness (QED) is 0.418. The summed E-state index contributed by atoms with van der Waals surface area (Å²) in [6.45, 7) is 11.4. The summed E-state index contributed by atoms with van der Waals surface area (Å²) in [7, 11) is 0. The second-order valence-electron chi connectivity index (χ2n) is 5.79. The fourth-order valence-corrected chi connectivity index (χ4v) is 2.67. The monoisotopic (exact) mass is 262 g/mol. The van der Waals surface area contributed by atoms with Crippen LogP contribution in [0.25, 0.3) is 0 Å². The molecule has 1 aliphatic heterocycles. The third-order valence-electron chi connectivity index (χ3n) is 3.95. The van der Waals surface area contributed by atoms with Crippen LogP contribution in [-0.2, 0) is 4.74 Å². The van der Waals surface area contributed by atoms with Crippen molar-refractivity contribution >= 4 is 0 Å². The predicted molar refractivity (Wildman–Crippen MR) is 84.3 cm³/mol. The Balaban J connectivity index is 2.45. The van der Waals surface area contributed by atoms with Gasteiger partial charge in [-0.2, -0.15) is 0 Å². The van der Waals surface area contributed by atoms with E-state index in [1.165, 1.54) is 49.7 Å². The Morgan fingerprint density at radius 2 is 2.05 bits per heavy atom. The first-order valence-electron chi connectivity index (χ1n) is 7.74. The lowest BCUT2D eigenvalue weighted by molar-refractivity contribution is 0.125. The van der Waals surface area contributed by atoms with E-state index in [1.807, 2.05) is 6.08 Å². The number of rotatable bonds is 8. The minimum absolute atomic E-state index is 0.355. The van der Waals surface area contributed by atoms with Crippen LogP contribution in [0.3, 0.4) is 0 Å². The lowest BCUT2D eigenvalue weighted by atomic mass is 9.92. The van der Waals surface area contributed by atoms with Crippen molar-refractivity contribution in [1.82, 2.24) is 0 Å². The van der Waals surface area contributed by atoms with E-state index in [9.17, 15) is 0 Å². The van der Waals surface area contributed by atoms with Gasteiger partial charge in [0, 0.05) is 6.61 Å². The van der Waals surface area contributed by atoms with Crippen LogP contribution in [0.1, 0.15) is 59.3 Å². The molecule has 0 amide bonds. The number of ether oxygens (including phenoxy) is 1. The Bertz CT molecular complexity index is 325. The molecule has 1 heteroatoms. The van der Waals surface area contributed by atoms with E-state index < -0.39 is 0 Å². The highest BCUT2D eigenvalue weighted by molar-refractivity contribution is 5.09. The van der Waals surface area contributed by atoms with Gasteiger partial charge in [0.2, 0.25) is 0 Å². The molecule has 1 nitrogen and oxygen atoms in total. The van der Waals surface area contributed by atoms with Crippen molar-refractivity contribution in [2.24, 2.45) is 5.92 Å². The molecular weight excluding hydrogens is 232 g/mol. The lowest BCUT2D eigenvalue weighted by Gasteiger charge is -2.16. The van der Waals surface area contributed by atoms with Crippen molar-refractivity contribution in [2.45, 2.75) is 65.4 Å². The highest BCUT2D eigenvalue weighted by Crippen LogP contribution is 2.29. The maximum atomic E-state index is 5.89. The first-order chi connectivity index (χ1) is 9.17. The zero-order chi connectivity index (χ0) is 14.1. The Morgan fingerprint density at radius 1 is 1.26 bits per heavy atom. The van der Waals surface area contributed by atoms with Gasteiger partial charge >= 0.3 is 0 Å². The molecule has 0 bridgehead atoms. The third-order valence-corrected chi connectivity index (χ3v) is 3.95. The van der Waals surface area contributed by atoms with Gasteiger partial charge < -0.3 is 4.74 Å². The molecular formula is C18H30O. The fraction of sp³-hybridized carbons (Fsp3) is 0.667. The van der Waals surface area contributed by atoms with Gasteiger partial charge in [0.25, 0.3) is 0 Å². The second kappa shape index (κ2) is 9.14. The summed E-state index contributed by atoms with van der Waals surface area (Å²) in [4.78, 5) is 0. The molecule has 0 N–H and O–H groups in total. The van der Waals surface area contributed by atoms with Gasteiger partial charge in [-0.1, -0.05) is 49.3 Å². The zero-order valence-corrected chi connectivity index (χ0v) is 13.0. The smallest absolute Gasteiger partial charge is 0.0787 e. The normalized spacial score (nSPS) is 24.8. The van der Waals surface area contributed by atoms with Crippen molar-refractivity contribution in [2.75, 3.05) is 6.61 Å². The SMILES string of the molecule is C=C/C=C(\C)CC[C@H]1CCOC1/C=C(\C)CCCC. The van der Waals surface area contributed by atoms with Crippen LogP contribution in [0, 0.1) is 5.92 Å². The van der Waals surface area contributed by atoms with Gasteiger partial charge in [0.05, 0.1) is 6.10 Å². The van der Waals surface area contributed by atoms with Crippen molar-refractivity contribution in [3.8, 4) is 0 Å². The summed E-state index contributed by atoms with van der Waals surface area (Å²) in [5.74, 6) is 0.699. The average molecular weight is 262 g/mol. The van der Waals surface area contributed by atoms with Gasteiger partial charge in [0.1, 0.15) is 0 Å². The molecule has 0 aromatic rings.